The zero-order valence-corrected chi connectivity index (χ0v) is 7.44. The van der Waals surface area contributed by atoms with Crippen LogP contribution in [0.3, 0.4) is 0 Å². The molecular weight excluding hydrogens is 184 g/mol. The van der Waals surface area contributed by atoms with Gasteiger partial charge in [-0.15, -0.1) is 0 Å². The molecule has 0 aliphatic rings. The summed E-state index contributed by atoms with van der Waals surface area (Å²) in [5, 5.41) is 0. The summed E-state index contributed by atoms with van der Waals surface area (Å²) < 4.78 is 4.35. The Kier molecular flexibility index (Phi) is 3.86. The molecule has 0 saturated heterocycles. The molecule has 0 bridgehead atoms. The van der Waals surface area contributed by atoms with Crippen LogP contribution >= 0.6 is 16.3 Å². The second-order valence-corrected chi connectivity index (χ2v) is 2.75. The Bertz CT molecular complexity index is 101. The summed E-state index contributed by atoms with van der Waals surface area (Å²) >= 11 is 2.63. The van der Waals surface area contributed by atoms with Crippen molar-refractivity contribution in [2.24, 2.45) is 11.8 Å². The molecule has 0 spiro atoms. The lowest BCUT2D eigenvalue weighted by atomic mass is 9.99. The van der Waals surface area contributed by atoms with Crippen LogP contribution in [-0.4, -0.2) is 5.97 Å². The Balaban J connectivity index is 3.72. The van der Waals surface area contributed by atoms with Gasteiger partial charge in [0.2, 0.25) is 0 Å². The normalized spacial score (nSPS) is 13.4. The van der Waals surface area contributed by atoms with Crippen LogP contribution in [0.1, 0.15) is 20.8 Å². The van der Waals surface area contributed by atoms with Gasteiger partial charge in [0.15, 0.2) is 16.3 Å². The van der Waals surface area contributed by atoms with E-state index in [1.165, 1.54) is 0 Å². The van der Waals surface area contributed by atoms with Gasteiger partial charge in [-0.1, -0.05) is 20.8 Å². The van der Waals surface area contributed by atoms with Crippen molar-refractivity contribution < 1.29 is 8.62 Å². The van der Waals surface area contributed by atoms with Crippen molar-refractivity contribution in [3.63, 3.8) is 0 Å². The smallest absolute Gasteiger partial charge is 0.320 e. The molecule has 0 fully saturated rings. The lowest BCUT2D eigenvalue weighted by molar-refractivity contribution is -0.137. The minimum Gasteiger partial charge on any atom is -0.383 e. The van der Waals surface area contributed by atoms with Crippen LogP contribution < -0.4 is 0 Å². The SMILES string of the molecule is CC(C)[C@H](C)C(=O)OBr. The maximum Gasteiger partial charge on any atom is 0.320 e. The van der Waals surface area contributed by atoms with Gasteiger partial charge in [-0.25, -0.2) is 0 Å². The average Bonchev–Trinajstić information content (AvgIpc) is 1.84. The monoisotopic (exact) mass is 194 g/mol. The minimum absolute atomic E-state index is 0.0237. The highest BCUT2D eigenvalue weighted by atomic mass is 79.9. The Morgan fingerprint density at radius 3 is 2.00 bits per heavy atom. The molecule has 0 aromatic carbocycles. The highest BCUT2D eigenvalue weighted by Gasteiger charge is 2.16. The molecule has 2 nitrogen and oxygen atoms in total. The molecule has 1 atom stereocenters. The fraction of sp³-hybridized carbons (Fsp3) is 0.833. The Morgan fingerprint density at radius 2 is 1.89 bits per heavy atom. The molecule has 0 rings (SSSR count). The van der Waals surface area contributed by atoms with Crippen LogP contribution in [0.15, 0.2) is 0 Å². The van der Waals surface area contributed by atoms with E-state index in [-0.39, 0.29) is 11.9 Å². The number of halogens is 1. The summed E-state index contributed by atoms with van der Waals surface area (Å²) in [5.41, 5.74) is 0. The van der Waals surface area contributed by atoms with Crippen LogP contribution in [0.25, 0.3) is 0 Å². The molecule has 3 heteroatoms. The Morgan fingerprint density at radius 1 is 1.44 bits per heavy atom. The van der Waals surface area contributed by atoms with Crippen molar-refractivity contribution in [2.45, 2.75) is 20.8 Å². The van der Waals surface area contributed by atoms with E-state index in [2.05, 4.69) is 20.1 Å². The predicted octanol–water partition coefficient (Wildman–Crippen LogP) is 2.13. The molecule has 0 N–H and O–H groups in total. The summed E-state index contributed by atoms with van der Waals surface area (Å²) in [6, 6.07) is 0. The fourth-order valence-electron chi connectivity index (χ4n) is 0.342. The Hall–Kier alpha value is -0.0500. The standard InChI is InChI=1S/C6H11BrO2/c1-4(2)5(3)6(8)9-7/h4-5H,1-3H3/t5-/m0/s1. The number of rotatable bonds is 2. The first kappa shape index (κ1) is 8.95. The van der Waals surface area contributed by atoms with Crippen LogP contribution in [-0.2, 0) is 8.62 Å². The molecule has 0 heterocycles. The van der Waals surface area contributed by atoms with E-state index >= 15 is 0 Å². The largest absolute Gasteiger partial charge is 0.383 e. The van der Waals surface area contributed by atoms with Crippen LogP contribution in [0.5, 0.6) is 0 Å². The minimum atomic E-state index is -0.204. The van der Waals surface area contributed by atoms with Crippen molar-refractivity contribution in [2.75, 3.05) is 0 Å². The molecule has 0 aliphatic heterocycles. The zero-order chi connectivity index (χ0) is 7.44. The second kappa shape index (κ2) is 3.88. The summed E-state index contributed by atoms with van der Waals surface area (Å²) in [5.74, 6) is 0.115. The van der Waals surface area contributed by atoms with E-state index < -0.39 is 0 Å². The van der Waals surface area contributed by atoms with E-state index in [1.54, 1.807) is 0 Å². The highest BCUT2D eigenvalue weighted by molar-refractivity contribution is 9.06. The first-order chi connectivity index (χ1) is 4.09. The van der Waals surface area contributed by atoms with Gasteiger partial charge in [0, 0.05) is 0 Å². The number of hydrogen-bond donors (Lipinski definition) is 0. The van der Waals surface area contributed by atoms with Crippen LogP contribution in [0, 0.1) is 11.8 Å². The van der Waals surface area contributed by atoms with Crippen molar-refractivity contribution >= 4 is 22.2 Å². The van der Waals surface area contributed by atoms with Gasteiger partial charge >= 0.3 is 5.97 Å². The van der Waals surface area contributed by atoms with Gasteiger partial charge in [-0.2, -0.15) is 0 Å². The fourth-order valence-corrected chi connectivity index (χ4v) is 0.637. The zero-order valence-electron chi connectivity index (χ0n) is 5.85. The molecule has 0 aliphatic carbocycles. The van der Waals surface area contributed by atoms with E-state index in [0.29, 0.717) is 5.92 Å². The van der Waals surface area contributed by atoms with Crippen LogP contribution in [0.2, 0.25) is 0 Å². The molecule has 0 aromatic rings. The molecule has 0 radical (unpaired) electrons. The van der Waals surface area contributed by atoms with Gasteiger partial charge < -0.3 is 3.83 Å². The van der Waals surface area contributed by atoms with Crippen molar-refractivity contribution in [1.82, 2.24) is 0 Å². The molecule has 0 unspecified atom stereocenters. The first-order valence-electron chi connectivity index (χ1n) is 2.92. The summed E-state index contributed by atoms with van der Waals surface area (Å²) in [6.07, 6.45) is 0. The van der Waals surface area contributed by atoms with Gasteiger partial charge in [-0.3, -0.25) is 4.79 Å². The topological polar surface area (TPSA) is 26.3 Å². The maximum absolute atomic E-state index is 10.7. The molecule has 0 aromatic heterocycles. The lowest BCUT2D eigenvalue weighted by Gasteiger charge is -2.09. The van der Waals surface area contributed by atoms with Gasteiger partial charge in [-0.05, 0) is 5.92 Å². The lowest BCUT2D eigenvalue weighted by Crippen LogP contribution is -2.16. The van der Waals surface area contributed by atoms with Gasteiger partial charge in [0.1, 0.15) is 0 Å². The van der Waals surface area contributed by atoms with Crippen molar-refractivity contribution in [3.8, 4) is 0 Å². The number of hydrogen-bond acceptors (Lipinski definition) is 2. The molecule has 54 valence electrons. The predicted molar refractivity (Wildman–Crippen MR) is 39.0 cm³/mol. The second-order valence-electron chi connectivity index (χ2n) is 2.43. The Labute approximate surface area is 64.0 Å². The number of carbonyl (C=O) groups excluding carboxylic acids is 1. The summed E-state index contributed by atoms with van der Waals surface area (Å²) in [7, 11) is 0. The first-order valence-corrected chi connectivity index (χ1v) is 3.56. The average molecular weight is 195 g/mol. The quantitative estimate of drug-likeness (QED) is 0.674. The summed E-state index contributed by atoms with van der Waals surface area (Å²) in [4.78, 5) is 10.7. The van der Waals surface area contributed by atoms with Crippen molar-refractivity contribution in [3.05, 3.63) is 0 Å². The molecular formula is C6H11BrO2. The summed E-state index contributed by atoms with van der Waals surface area (Å²) in [6.45, 7) is 5.80. The van der Waals surface area contributed by atoms with Crippen molar-refractivity contribution in [1.29, 1.82) is 0 Å². The highest BCUT2D eigenvalue weighted by Crippen LogP contribution is 2.12. The van der Waals surface area contributed by atoms with E-state index in [9.17, 15) is 4.79 Å². The van der Waals surface area contributed by atoms with E-state index in [0.717, 1.165) is 0 Å². The number of carbonyl (C=O) groups is 1. The molecule has 0 amide bonds. The van der Waals surface area contributed by atoms with Gasteiger partial charge in [0.05, 0.1) is 5.92 Å². The third-order valence-electron chi connectivity index (χ3n) is 1.45. The molecule has 9 heavy (non-hydrogen) atoms. The van der Waals surface area contributed by atoms with E-state index in [1.807, 2.05) is 20.8 Å². The van der Waals surface area contributed by atoms with E-state index in [4.69, 9.17) is 0 Å². The van der Waals surface area contributed by atoms with Gasteiger partial charge in [0.25, 0.3) is 0 Å². The maximum atomic E-state index is 10.7. The molecule has 0 saturated carbocycles. The third-order valence-corrected chi connectivity index (χ3v) is 1.77. The third kappa shape index (κ3) is 2.84. The van der Waals surface area contributed by atoms with Crippen LogP contribution in [0.4, 0.5) is 0 Å².